The van der Waals surface area contributed by atoms with Crippen LogP contribution in [-0.4, -0.2) is 36.5 Å². The van der Waals surface area contributed by atoms with Gasteiger partial charge in [0.05, 0.1) is 0 Å². The molecule has 1 saturated heterocycles. The second-order valence-corrected chi connectivity index (χ2v) is 5.40. The molecule has 1 N–H and O–H groups in total. The monoisotopic (exact) mass is 246 g/mol. The molecule has 0 aromatic rings. The molecule has 1 aliphatic carbocycles. The lowest BCUT2D eigenvalue weighted by Gasteiger charge is -2.32. The molecule has 2 aliphatic rings. The van der Waals surface area contributed by atoms with Gasteiger partial charge in [-0.05, 0) is 25.2 Å². The number of halogens is 1. The zero-order chi connectivity index (χ0) is 11.1. The normalized spacial score (nSPS) is 37.8. The molecular formula is C12H23ClN2O. The third-order valence-electron chi connectivity index (χ3n) is 4.14. The first-order valence-corrected chi connectivity index (χ1v) is 6.09. The highest BCUT2D eigenvalue weighted by Crippen LogP contribution is 2.55. The Labute approximate surface area is 104 Å². The summed E-state index contributed by atoms with van der Waals surface area (Å²) < 4.78 is 0. The summed E-state index contributed by atoms with van der Waals surface area (Å²) in [4.78, 5) is 14.2. The molecule has 0 aromatic heterocycles. The number of hydrogen-bond donors (Lipinski definition) is 1. The average Bonchev–Trinajstić information content (AvgIpc) is 2.91. The van der Waals surface area contributed by atoms with Gasteiger partial charge in [0.25, 0.3) is 0 Å². The molecule has 3 unspecified atom stereocenters. The SMILES string of the molecule is CCC1(C)CC1C(=O)N1CCNC(C)C1.Cl. The van der Waals surface area contributed by atoms with Crippen molar-refractivity contribution in [2.24, 2.45) is 11.3 Å². The lowest BCUT2D eigenvalue weighted by Crippen LogP contribution is -2.52. The minimum Gasteiger partial charge on any atom is -0.340 e. The van der Waals surface area contributed by atoms with Crippen molar-refractivity contribution in [1.29, 1.82) is 0 Å². The summed E-state index contributed by atoms with van der Waals surface area (Å²) in [5.41, 5.74) is 0.311. The van der Waals surface area contributed by atoms with Gasteiger partial charge in [0, 0.05) is 31.6 Å². The molecule has 2 rings (SSSR count). The van der Waals surface area contributed by atoms with Crippen LogP contribution < -0.4 is 5.32 Å². The zero-order valence-corrected chi connectivity index (χ0v) is 11.3. The molecule has 0 radical (unpaired) electrons. The fourth-order valence-corrected chi connectivity index (χ4v) is 2.54. The topological polar surface area (TPSA) is 32.3 Å². The smallest absolute Gasteiger partial charge is 0.226 e. The Morgan fingerprint density at radius 1 is 1.56 bits per heavy atom. The molecule has 3 nitrogen and oxygen atoms in total. The molecule has 1 amide bonds. The minimum absolute atomic E-state index is 0. The Bertz CT molecular complexity index is 272. The Balaban J connectivity index is 0.00000128. The highest BCUT2D eigenvalue weighted by atomic mass is 35.5. The van der Waals surface area contributed by atoms with Crippen LogP contribution in [0.3, 0.4) is 0 Å². The largest absolute Gasteiger partial charge is 0.340 e. The zero-order valence-electron chi connectivity index (χ0n) is 10.5. The van der Waals surface area contributed by atoms with Gasteiger partial charge in [-0.25, -0.2) is 0 Å². The molecular weight excluding hydrogens is 224 g/mol. The Kier molecular flexibility index (Phi) is 4.24. The number of nitrogens with one attached hydrogen (secondary N) is 1. The fraction of sp³-hybridized carbons (Fsp3) is 0.917. The van der Waals surface area contributed by atoms with Gasteiger partial charge in [0.15, 0.2) is 0 Å². The van der Waals surface area contributed by atoms with Crippen molar-refractivity contribution in [1.82, 2.24) is 10.2 Å². The molecule has 1 aliphatic heterocycles. The van der Waals surface area contributed by atoms with E-state index in [1.54, 1.807) is 0 Å². The van der Waals surface area contributed by atoms with E-state index in [4.69, 9.17) is 0 Å². The van der Waals surface area contributed by atoms with Gasteiger partial charge in [-0.2, -0.15) is 0 Å². The van der Waals surface area contributed by atoms with Gasteiger partial charge < -0.3 is 10.2 Å². The molecule has 0 spiro atoms. The summed E-state index contributed by atoms with van der Waals surface area (Å²) in [5, 5.41) is 3.37. The van der Waals surface area contributed by atoms with Crippen LogP contribution in [0.4, 0.5) is 0 Å². The van der Waals surface area contributed by atoms with Crippen LogP contribution in [0.15, 0.2) is 0 Å². The van der Waals surface area contributed by atoms with Crippen LogP contribution in [0.5, 0.6) is 0 Å². The minimum atomic E-state index is 0. The van der Waals surface area contributed by atoms with Crippen LogP contribution in [0.1, 0.15) is 33.6 Å². The van der Waals surface area contributed by atoms with Gasteiger partial charge >= 0.3 is 0 Å². The summed E-state index contributed by atoms with van der Waals surface area (Å²) in [6, 6.07) is 0.453. The van der Waals surface area contributed by atoms with E-state index in [1.165, 1.54) is 0 Å². The number of nitrogens with zero attached hydrogens (tertiary/aromatic N) is 1. The number of carbonyl (C=O) groups is 1. The summed E-state index contributed by atoms with van der Waals surface area (Å²) in [5.74, 6) is 0.709. The number of piperazine rings is 1. The molecule has 2 fully saturated rings. The average molecular weight is 247 g/mol. The first kappa shape index (κ1) is 13.8. The summed E-state index contributed by atoms with van der Waals surface area (Å²) in [7, 11) is 0. The summed E-state index contributed by atoms with van der Waals surface area (Å²) in [6.45, 7) is 9.29. The molecule has 94 valence electrons. The quantitative estimate of drug-likeness (QED) is 0.804. The summed E-state index contributed by atoms with van der Waals surface area (Å²) in [6.07, 6.45) is 2.23. The Morgan fingerprint density at radius 3 is 2.75 bits per heavy atom. The molecule has 3 atom stereocenters. The highest BCUT2D eigenvalue weighted by molar-refractivity contribution is 5.85. The number of carbonyl (C=O) groups excluding carboxylic acids is 1. The van der Waals surface area contributed by atoms with E-state index in [9.17, 15) is 4.79 Å². The van der Waals surface area contributed by atoms with Crippen LogP contribution >= 0.6 is 12.4 Å². The molecule has 16 heavy (non-hydrogen) atoms. The van der Waals surface area contributed by atoms with Gasteiger partial charge in [0.1, 0.15) is 0 Å². The van der Waals surface area contributed by atoms with Crippen molar-refractivity contribution in [3.05, 3.63) is 0 Å². The third-order valence-corrected chi connectivity index (χ3v) is 4.14. The predicted octanol–water partition coefficient (Wildman–Crippen LogP) is 1.66. The van der Waals surface area contributed by atoms with Gasteiger partial charge in [-0.3, -0.25) is 4.79 Å². The van der Waals surface area contributed by atoms with E-state index in [-0.39, 0.29) is 12.4 Å². The number of rotatable bonds is 2. The first-order chi connectivity index (χ1) is 7.07. The van der Waals surface area contributed by atoms with E-state index in [0.29, 0.717) is 23.3 Å². The van der Waals surface area contributed by atoms with E-state index in [2.05, 4.69) is 26.1 Å². The van der Waals surface area contributed by atoms with Gasteiger partial charge in [-0.15, -0.1) is 12.4 Å². The lowest BCUT2D eigenvalue weighted by atomic mass is 10.0. The first-order valence-electron chi connectivity index (χ1n) is 6.09. The van der Waals surface area contributed by atoms with Crippen molar-refractivity contribution >= 4 is 18.3 Å². The molecule has 1 heterocycles. The maximum atomic E-state index is 12.2. The summed E-state index contributed by atoms with van der Waals surface area (Å²) >= 11 is 0. The van der Waals surface area contributed by atoms with Gasteiger partial charge in [0.2, 0.25) is 5.91 Å². The van der Waals surface area contributed by atoms with Crippen molar-refractivity contribution < 1.29 is 4.79 Å². The molecule has 0 bridgehead atoms. The van der Waals surface area contributed by atoms with Crippen LogP contribution in [0.2, 0.25) is 0 Å². The van der Waals surface area contributed by atoms with Crippen LogP contribution in [-0.2, 0) is 4.79 Å². The van der Waals surface area contributed by atoms with E-state index >= 15 is 0 Å². The maximum absolute atomic E-state index is 12.2. The standard InChI is InChI=1S/C12H22N2O.ClH/c1-4-12(3)7-10(12)11(15)14-6-5-13-9(2)8-14;/h9-10,13H,4-8H2,1-3H3;1H. The molecule has 1 saturated carbocycles. The number of amides is 1. The lowest BCUT2D eigenvalue weighted by molar-refractivity contribution is -0.134. The number of hydrogen-bond acceptors (Lipinski definition) is 2. The van der Waals surface area contributed by atoms with Crippen molar-refractivity contribution in [2.75, 3.05) is 19.6 Å². The van der Waals surface area contributed by atoms with E-state index in [1.807, 2.05) is 4.90 Å². The third kappa shape index (κ3) is 2.51. The molecule has 0 aromatic carbocycles. The second kappa shape index (κ2) is 4.92. The Hall–Kier alpha value is -0.280. The van der Waals surface area contributed by atoms with Crippen molar-refractivity contribution in [3.8, 4) is 0 Å². The fourth-order valence-electron chi connectivity index (χ4n) is 2.54. The second-order valence-electron chi connectivity index (χ2n) is 5.40. The Morgan fingerprint density at radius 2 is 2.25 bits per heavy atom. The van der Waals surface area contributed by atoms with Crippen molar-refractivity contribution in [3.63, 3.8) is 0 Å². The maximum Gasteiger partial charge on any atom is 0.226 e. The van der Waals surface area contributed by atoms with Crippen molar-refractivity contribution in [2.45, 2.75) is 39.7 Å². The van der Waals surface area contributed by atoms with E-state index < -0.39 is 0 Å². The van der Waals surface area contributed by atoms with Crippen LogP contribution in [0.25, 0.3) is 0 Å². The highest BCUT2D eigenvalue weighted by Gasteiger charge is 2.54. The predicted molar refractivity (Wildman–Crippen MR) is 67.8 cm³/mol. The van der Waals surface area contributed by atoms with Crippen LogP contribution in [0, 0.1) is 11.3 Å². The van der Waals surface area contributed by atoms with Gasteiger partial charge in [-0.1, -0.05) is 13.8 Å². The van der Waals surface area contributed by atoms with E-state index in [0.717, 1.165) is 32.5 Å². The molecule has 4 heteroatoms.